The van der Waals surface area contributed by atoms with Gasteiger partial charge in [0, 0.05) is 6.54 Å². The van der Waals surface area contributed by atoms with E-state index in [0.717, 1.165) is 25.7 Å². The van der Waals surface area contributed by atoms with Crippen molar-refractivity contribution in [3.63, 3.8) is 0 Å². The molecular formula is C8H19NO2S. The molecule has 74 valence electrons. The van der Waals surface area contributed by atoms with Gasteiger partial charge in [-0.3, -0.25) is 0 Å². The number of sulfonamides is 1. The van der Waals surface area contributed by atoms with Crippen molar-refractivity contribution in [1.82, 2.24) is 4.72 Å². The summed E-state index contributed by atoms with van der Waals surface area (Å²) in [6, 6.07) is 0. The molecule has 0 aromatic heterocycles. The van der Waals surface area contributed by atoms with Crippen LogP contribution in [0, 0.1) is 0 Å². The third kappa shape index (κ3) is 6.61. The second-order valence-electron chi connectivity index (χ2n) is 2.92. The lowest BCUT2D eigenvalue weighted by molar-refractivity contribution is 0.576. The quantitative estimate of drug-likeness (QED) is 0.623. The number of rotatable bonds is 7. The number of hydrogen-bond donors (Lipinski definition) is 1. The van der Waals surface area contributed by atoms with Gasteiger partial charge in [0.15, 0.2) is 0 Å². The zero-order valence-corrected chi connectivity index (χ0v) is 8.78. The second kappa shape index (κ2) is 6.43. The highest BCUT2D eigenvalue weighted by Gasteiger charge is 2.06. The maximum atomic E-state index is 11.2. The fourth-order valence-corrected chi connectivity index (χ4v) is 2.12. The van der Waals surface area contributed by atoms with Crippen molar-refractivity contribution in [2.45, 2.75) is 39.5 Å². The largest absolute Gasteiger partial charge is 0.215 e. The fourth-order valence-electron chi connectivity index (χ4n) is 0.872. The summed E-state index contributed by atoms with van der Waals surface area (Å²) >= 11 is 0. The highest BCUT2D eigenvalue weighted by molar-refractivity contribution is 7.89. The molecule has 0 aliphatic carbocycles. The summed E-state index contributed by atoms with van der Waals surface area (Å²) in [4.78, 5) is 0. The zero-order chi connectivity index (χ0) is 9.45. The summed E-state index contributed by atoms with van der Waals surface area (Å²) in [7, 11) is -2.97. The summed E-state index contributed by atoms with van der Waals surface area (Å²) in [6.07, 6.45) is 3.68. The van der Waals surface area contributed by atoms with Gasteiger partial charge in [-0.2, -0.15) is 0 Å². The molecule has 0 heterocycles. The average molecular weight is 193 g/mol. The Morgan fingerprint density at radius 2 is 1.75 bits per heavy atom. The smallest absolute Gasteiger partial charge is 0.211 e. The predicted octanol–water partition coefficient (Wildman–Crippen LogP) is 1.51. The van der Waals surface area contributed by atoms with E-state index in [9.17, 15) is 8.42 Å². The Morgan fingerprint density at radius 3 is 2.25 bits per heavy atom. The molecule has 0 amide bonds. The molecular weight excluding hydrogens is 174 g/mol. The number of hydrogen-bond acceptors (Lipinski definition) is 2. The Balaban J connectivity index is 3.58. The first-order chi connectivity index (χ1) is 5.62. The van der Waals surface area contributed by atoms with Gasteiger partial charge in [0.2, 0.25) is 10.0 Å². The van der Waals surface area contributed by atoms with Crippen molar-refractivity contribution in [2.24, 2.45) is 0 Å². The minimum atomic E-state index is -2.97. The molecule has 4 heteroatoms. The summed E-state index contributed by atoms with van der Waals surface area (Å²) in [5.41, 5.74) is 0. The van der Waals surface area contributed by atoms with E-state index in [0.29, 0.717) is 6.54 Å². The van der Waals surface area contributed by atoms with Gasteiger partial charge in [0.1, 0.15) is 0 Å². The normalized spacial score (nSPS) is 11.8. The van der Waals surface area contributed by atoms with Gasteiger partial charge in [0.05, 0.1) is 5.75 Å². The maximum absolute atomic E-state index is 11.2. The van der Waals surface area contributed by atoms with Crippen LogP contribution in [-0.4, -0.2) is 20.7 Å². The van der Waals surface area contributed by atoms with Crippen LogP contribution in [0.3, 0.4) is 0 Å². The van der Waals surface area contributed by atoms with Crippen molar-refractivity contribution < 1.29 is 8.42 Å². The molecule has 0 aliphatic rings. The molecule has 0 saturated heterocycles. The fraction of sp³-hybridized carbons (Fsp3) is 1.00. The van der Waals surface area contributed by atoms with Gasteiger partial charge in [-0.15, -0.1) is 0 Å². The highest BCUT2D eigenvalue weighted by Crippen LogP contribution is 1.97. The van der Waals surface area contributed by atoms with Gasteiger partial charge in [-0.25, -0.2) is 13.1 Å². The van der Waals surface area contributed by atoms with Crippen molar-refractivity contribution in [3.05, 3.63) is 0 Å². The third-order valence-corrected chi connectivity index (χ3v) is 3.06. The van der Waals surface area contributed by atoms with Crippen molar-refractivity contribution in [3.8, 4) is 0 Å². The molecule has 0 bridgehead atoms. The Morgan fingerprint density at radius 1 is 1.08 bits per heavy atom. The Hall–Kier alpha value is -0.0900. The van der Waals surface area contributed by atoms with Gasteiger partial charge < -0.3 is 0 Å². The average Bonchev–Trinajstić information content (AvgIpc) is 2.01. The first-order valence-electron chi connectivity index (χ1n) is 4.59. The molecule has 0 atom stereocenters. The molecule has 0 radical (unpaired) electrons. The summed E-state index contributed by atoms with van der Waals surface area (Å²) < 4.78 is 24.8. The van der Waals surface area contributed by atoms with E-state index in [1.54, 1.807) is 0 Å². The van der Waals surface area contributed by atoms with Gasteiger partial charge in [-0.05, 0) is 12.8 Å². The standard InChI is InChI=1S/C8H19NO2S/c1-3-5-6-8-12(10,11)9-7-4-2/h9H,3-8H2,1-2H3. The van der Waals surface area contributed by atoms with Gasteiger partial charge in [-0.1, -0.05) is 26.7 Å². The molecule has 0 aromatic carbocycles. The van der Waals surface area contributed by atoms with Crippen LogP contribution in [-0.2, 0) is 10.0 Å². The van der Waals surface area contributed by atoms with Crippen LogP contribution in [0.15, 0.2) is 0 Å². The summed E-state index contributed by atoms with van der Waals surface area (Å²) in [5.74, 6) is 0.279. The van der Waals surface area contributed by atoms with Crippen molar-refractivity contribution in [2.75, 3.05) is 12.3 Å². The Labute approximate surface area is 75.6 Å². The Bertz CT molecular complexity index is 187. The van der Waals surface area contributed by atoms with Crippen LogP contribution in [0.5, 0.6) is 0 Å². The lowest BCUT2D eigenvalue weighted by atomic mass is 10.3. The van der Waals surface area contributed by atoms with Crippen LogP contribution in [0.25, 0.3) is 0 Å². The van der Waals surface area contributed by atoms with E-state index in [1.165, 1.54) is 0 Å². The minimum Gasteiger partial charge on any atom is -0.215 e. The molecule has 0 fully saturated rings. The minimum absolute atomic E-state index is 0.279. The molecule has 0 unspecified atom stereocenters. The van der Waals surface area contributed by atoms with Crippen LogP contribution < -0.4 is 4.72 Å². The number of unbranched alkanes of at least 4 members (excludes halogenated alkanes) is 2. The van der Waals surface area contributed by atoms with Gasteiger partial charge in [0.25, 0.3) is 0 Å². The third-order valence-electron chi connectivity index (χ3n) is 1.59. The van der Waals surface area contributed by atoms with E-state index in [1.807, 2.05) is 6.92 Å². The zero-order valence-electron chi connectivity index (χ0n) is 7.97. The number of nitrogens with one attached hydrogen (secondary N) is 1. The first kappa shape index (κ1) is 11.9. The van der Waals surface area contributed by atoms with Crippen molar-refractivity contribution >= 4 is 10.0 Å². The van der Waals surface area contributed by atoms with Crippen LogP contribution in [0.2, 0.25) is 0 Å². The molecule has 0 aliphatic heterocycles. The van der Waals surface area contributed by atoms with Gasteiger partial charge >= 0.3 is 0 Å². The monoisotopic (exact) mass is 193 g/mol. The van der Waals surface area contributed by atoms with E-state index in [2.05, 4.69) is 11.6 Å². The van der Waals surface area contributed by atoms with Crippen LogP contribution >= 0.6 is 0 Å². The second-order valence-corrected chi connectivity index (χ2v) is 4.85. The maximum Gasteiger partial charge on any atom is 0.211 e. The molecule has 1 N–H and O–H groups in total. The molecule has 3 nitrogen and oxygen atoms in total. The lowest BCUT2D eigenvalue weighted by Crippen LogP contribution is -2.26. The van der Waals surface area contributed by atoms with E-state index in [-0.39, 0.29) is 5.75 Å². The topological polar surface area (TPSA) is 46.2 Å². The predicted molar refractivity (Wildman–Crippen MR) is 51.6 cm³/mol. The lowest BCUT2D eigenvalue weighted by Gasteiger charge is -2.03. The summed E-state index contributed by atoms with van der Waals surface area (Å²) in [5, 5.41) is 0. The molecule has 0 spiro atoms. The molecule has 0 saturated carbocycles. The highest BCUT2D eigenvalue weighted by atomic mass is 32.2. The SMILES string of the molecule is CCCCCS(=O)(=O)NCCC. The van der Waals surface area contributed by atoms with E-state index >= 15 is 0 Å². The van der Waals surface area contributed by atoms with E-state index in [4.69, 9.17) is 0 Å². The van der Waals surface area contributed by atoms with Crippen LogP contribution in [0.1, 0.15) is 39.5 Å². The van der Waals surface area contributed by atoms with E-state index < -0.39 is 10.0 Å². The molecule has 0 rings (SSSR count). The van der Waals surface area contributed by atoms with Crippen LogP contribution in [0.4, 0.5) is 0 Å². The summed E-state index contributed by atoms with van der Waals surface area (Å²) in [6.45, 7) is 4.58. The first-order valence-corrected chi connectivity index (χ1v) is 6.25. The molecule has 12 heavy (non-hydrogen) atoms. The molecule has 0 aromatic rings. The Kier molecular flexibility index (Phi) is 6.38. The van der Waals surface area contributed by atoms with Crippen molar-refractivity contribution in [1.29, 1.82) is 0 Å².